The number of carbonyl (C=O) groups is 1. The normalized spacial score (nSPS) is 11.3. The number of thiophene rings is 1. The van der Waals surface area contributed by atoms with Crippen LogP contribution in [-0.2, 0) is 0 Å². The first kappa shape index (κ1) is 26.3. The lowest BCUT2D eigenvalue weighted by Gasteiger charge is -2.09. The number of carboxylic acid groups (broad SMARTS) is 1. The number of aliphatic hydroxyl groups is 2. The van der Waals surface area contributed by atoms with Gasteiger partial charge in [-0.25, -0.2) is 14.2 Å². The summed E-state index contributed by atoms with van der Waals surface area (Å²) in [5, 5.41) is 30.3. The molecule has 0 radical (unpaired) electrons. The van der Waals surface area contributed by atoms with Crippen LogP contribution in [0, 0.1) is 12.7 Å². The maximum Gasteiger partial charge on any atom is 0.348 e. The van der Waals surface area contributed by atoms with Gasteiger partial charge in [0.1, 0.15) is 15.5 Å². The molecule has 33 heavy (non-hydrogen) atoms. The molecule has 0 saturated carbocycles. The molecule has 0 unspecified atom stereocenters. The number of hydrogen-bond donors (Lipinski definition) is 5. The van der Waals surface area contributed by atoms with E-state index in [1.165, 1.54) is 12.1 Å². The number of benzene rings is 1. The predicted octanol–water partition coefficient (Wildman–Crippen LogP) is 3.65. The Kier molecular flexibility index (Phi) is 10.3. The zero-order chi connectivity index (χ0) is 24.4. The smallest absolute Gasteiger partial charge is 0.348 e. The van der Waals surface area contributed by atoms with Crippen LogP contribution in [0.25, 0.3) is 21.5 Å². The molecule has 0 saturated heterocycles. The fourth-order valence-electron chi connectivity index (χ4n) is 2.95. The van der Waals surface area contributed by atoms with Gasteiger partial charge in [-0.2, -0.15) is 0 Å². The standard InChI is InChI=1S/C20H20FN3O3S.C3H9NO/c1-11-10-15(13-4-6-14(21)7-5-13)24-19-16(11)17(18(28-19)20(26)27)23-12(2)22-8-3-9-25;4-2-1-3-5/h4-7,10,25H,3,8-9H2,1-2H3,(H,22,23)(H,26,27);5H,1-4H2. The molecule has 0 spiro atoms. The fraction of sp³-hybridized carbons (Fsp3) is 0.348. The van der Waals surface area contributed by atoms with Crippen molar-refractivity contribution in [1.29, 1.82) is 0 Å². The molecule has 178 valence electrons. The Labute approximate surface area is 195 Å². The van der Waals surface area contributed by atoms with Crippen molar-refractivity contribution in [3.05, 3.63) is 46.6 Å². The van der Waals surface area contributed by atoms with Crippen LogP contribution in [0.15, 0.2) is 35.3 Å². The largest absolute Gasteiger partial charge is 0.477 e. The summed E-state index contributed by atoms with van der Waals surface area (Å²) in [5.74, 6) is -0.803. The third kappa shape index (κ3) is 7.29. The molecule has 8 nitrogen and oxygen atoms in total. The molecular formula is C23H29FN4O4S. The summed E-state index contributed by atoms with van der Waals surface area (Å²) < 4.78 is 13.2. The molecule has 2 heterocycles. The van der Waals surface area contributed by atoms with E-state index >= 15 is 0 Å². The summed E-state index contributed by atoms with van der Waals surface area (Å²) in [6.07, 6.45) is 1.26. The van der Waals surface area contributed by atoms with Crippen LogP contribution in [0.4, 0.5) is 10.1 Å². The summed E-state index contributed by atoms with van der Waals surface area (Å²) in [4.78, 5) is 21.4. The number of aromatic nitrogens is 1. The molecule has 0 amide bonds. The van der Waals surface area contributed by atoms with Crippen LogP contribution < -0.4 is 11.1 Å². The van der Waals surface area contributed by atoms with Gasteiger partial charge in [0.25, 0.3) is 0 Å². The Balaban J connectivity index is 0.000000696. The lowest BCUT2D eigenvalue weighted by molar-refractivity contribution is 0.0703. The number of carboxylic acids is 1. The second-order valence-corrected chi connectivity index (χ2v) is 8.16. The molecule has 6 N–H and O–H groups in total. The molecule has 0 bridgehead atoms. The third-order valence-electron chi connectivity index (χ3n) is 4.53. The van der Waals surface area contributed by atoms with Gasteiger partial charge in [-0.15, -0.1) is 11.3 Å². The summed E-state index contributed by atoms with van der Waals surface area (Å²) in [6.45, 7) is 4.95. The number of aromatic carboxylic acids is 1. The Morgan fingerprint density at radius 3 is 2.42 bits per heavy atom. The van der Waals surface area contributed by atoms with Crippen LogP contribution in [0.5, 0.6) is 0 Å². The van der Waals surface area contributed by atoms with Gasteiger partial charge in [0.2, 0.25) is 0 Å². The zero-order valence-corrected chi connectivity index (χ0v) is 19.5. The van der Waals surface area contributed by atoms with E-state index in [4.69, 9.17) is 15.9 Å². The molecule has 3 rings (SSSR count). The molecule has 0 fully saturated rings. The molecule has 0 atom stereocenters. The molecule has 1 aromatic carbocycles. The topological polar surface area (TPSA) is 141 Å². The van der Waals surface area contributed by atoms with Crippen molar-refractivity contribution in [2.24, 2.45) is 10.7 Å². The minimum Gasteiger partial charge on any atom is -0.477 e. The lowest BCUT2D eigenvalue weighted by Crippen LogP contribution is -2.11. The minimum atomic E-state index is -1.05. The van der Waals surface area contributed by atoms with Crippen LogP contribution in [0.2, 0.25) is 0 Å². The van der Waals surface area contributed by atoms with Gasteiger partial charge in [0.05, 0.1) is 17.2 Å². The molecule has 0 aliphatic heterocycles. The van der Waals surface area contributed by atoms with Crippen molar-refractivity contribution >= 4 is 39.0 Å². The number of rotatable bonds is 8. The van der Waals surface area contributed by atoms with E-state index in [2.05, 4.69) is 15.3 Å². The Bertz CT molecular complexity index is 1100. The van der Waals surface area contributed by atoms with Crippen LogP contribution in [0.3, 0.4) is 0 Å². The van der Waals surface area contributed by atoms with Crippen LogP contribution >= 0.6 is 11.3 Å². The first-order valence-electron chi connectivity index (χ1n) is 10.5. The number of nitrogens with one attached hydrogen (secondary N) is 1. The van der Waals surface area contributed by atoms with E-state index in [1.54, 1.807) is 19.1 Å². The first-order chi connectivity index (χ1) is 15.8. The van der Waals surface area contributed by atoms with Gasteiger partial charge in [-0.1, -0.05) is 0 Å². The van der Waals surface area contributed by atoms with Gasteiger partial charge in [0.15, 0.2) is 0 Å². The number of pyridine rings is 1. The van der Waals surface area contributed by atoms with E-state index in [0.29, 0.717) is 41.6 Å². The third-order valence-corrected chi connectivity index (χ3v) is 5.60. The fourth-order valence-corrected chi connectivity index (χ4v) is 4.00. The number of aliphatic imine (C=N–C) groups is 1. The maximum atomic E-state index is 13.2. The number of nitrogens with zero attached hydrogens (tertiary/aromatic N) is 2. The summed E-state index contributed by atoms with van der Waals surface area (Å²) in [7, 11) is 0. The Morgan fingerprint density at radius 1 is 1.21 bits per heavy atom. The second-order valence-electron chi connectivity index (χ2n) is 7.16. The van der Waals surface area contributed by atoms with Crippen molar-refractivity contribution < 1.29 is 24.5 Å². The number of aliphatic hydroxyl groups excluding tert-OH is 2. The number of hydrogen-bond acceptors (Lipinski definition) is 7. The molecule has 3 aromatic rings. The number of amidine groups is 1. The van der Waals surface area contributed by atoms with Crippen molar-refractivity contribution in [2.45, 2.75) is 26.7 Å². The summed E-state index contributed by atoms with van der Waals surface area (Å²) >= 11 is 1.09. The van der Waals surface area contributed by atoms with Crippen molar-refractivity contribution in [3.63, 3.8) is 0 Å². The van der Waals surface area contributed by atoms with E-state index in [0.717, 1.165) is 34.3 Å². The number of aryl methyl sites for hydroxylation is 1. The van der Waals surface area contributed by atoms with Gasteiger partial charge >= 0.3 is 5.97 Å². The molecule has 0 aliphatic rings. The van der Waals surface area contributed by atoms with Crippen LogP contribution in [-0.4, -0.2) is 58.4 Å². The van der Waals surface area contributed by atoms with Crippen LogP contribution in [0.1, 0.15) is 35.0 Å². The number of anilines is 1. The maximum absolute atomic E-state index is 13.2. The first-order valence-corrected chi connectivity index (χ1v) is 11.3. The quantitative estimate of drug-likeness (QED) is 0.190. The monoisotopic (exact) mass is 476 g/mol. The molecular weight excluding hydrogens is 447 g/mol. The van der Waals surface area contributed by atoms with E-state index in [1.807, 2.05) is 13.0 Å². The Hall–Kier alpha value is -2.92. The predicted molar refractivity (Wildman–Crippen MR) is 131 cm³/mol. The average molecular weight is 477 g/mol. The van der Waals surface area contributed by atoms with Crippen molar-refractivity contribution in [1.82, 2.24) is 4.98 Å². The van der Waals surface area contributed by atoms with Crippen molar-refractivity contribution in [3.8, 4) is 11.3 Å². The van der Waals surface area contributed by atoms with E-state index in [9.17, 15) is 14.3 Å². The summed E-state index contributed by atoms with van der Waals surface area (Å²) in [5.41, 5.74) is 7.72. The second kappa shape index (κ2) is 12.9. The summed E-state index contributed by atoms with van der Waals surface area (Å²) in [6, 6.07) is 7.88. The molecule has 10 heteroatoms. The Morgan fingerprint density at radius 2 is 1.88 bits per heavy atom. The zero-order valence-electron chi connectivity index (χ0n) is 18.6. The van der Waals surface area contributed by atoms with Gasteiger partial charge < -0.3 is 26.4 Å². The highest BCUT2D eigenvalue weighted by atomic mass is 32.1. The number of fused-ring (bicyclic) bond motifs is 1. The molecule has 2 aromatic heterocycles. The highest BCUT2D eigenvalue weighted by molar-refractivity contribution is 7.21. The van der Waals surface area contributed by atoms with E-state index < -0.39 is 5.97 Å². The lowest BCUT2D eigenvalue weighted by atomic mass is 10.1. The van der Waals surface area contributed by atoms with Crippen molar-refractivity contribution in [2.75, 3.05) is 31.6 Å². The van der Waals surface area contributed by atoms with Gasteiger partial charge in [-0.05, 0) is 69.1 Å². The highest BCUT2D eigenvalue weighted by Crippen LogP contribution is 2.38. The number of halogens is 1. The van der Waals surface area contributed by atoms with Gasteiger partial charge in [0, 0.05) is 30.7 Å². The SMILES string of the molecule is CC(=NCCCO)Nc1c(C(=O)O)sc2nc(-c3ccc(F)cc3)cc(C)c12.NCCCO. The van der Waals surface area contributed by atoms with E-state index in [-0.39, 0.29) is 23.9 Å². The minimum absolute atomic E-state index is 0.0493. The average Bonchev–Trinajstić information content (AvgIpc) is 3.14. The molecule has 0 aliphatic carbocycles. The number of nitrogens with two attached hydrogens (primary N) is 1. The van der Waals surface area contributed by atoms with Gasteiger partial charge in [-0.3, -0.25) is 4.99 Å². The highest BCUT2D eigenvalue weighted by Gasteiger charge is 2.21.